The smallest absolute Gasteiger partial charge is 0.0326 e. The van der Waals surface area contributed by atoms with Crippen LogP contribution >= 0.6 is 0 Å². The van der Waals surface area contributed by atoms with Crippen LogP contribution in [0.15, 0.2) is 0 Å². The Morgan fingerprint density at radius 2 is 1.76 bits per heavy atom. The maximum atomic E-state index is 3.65. The van der Waals surface area contributed by atoms with Crippen molar-refractivity contribution >= 4 is 0 Å². The molecule has 0 rings (SSSR count). The van der Waals surface area contributed by atoms with Crippen molar-refractivity contribution < 1.29 is 0 Å². The third-order valence-corrected chi connectivity index (χ3v) is 4.26. The van der Waals surface area contributed by atoms with Crippen LogP contribution in [0, 0.1) is 5.92 Å². The lowest BCUT2D eigenvalue weighted by atomic mass is 9.88. The minimum absolute atomic E-state index is 0.268. The van der Waals surface area contributed by atoms with E-state index >= 15 is 0 Å². The molecule has 0 spiro atoms. The van der Waals surface area contributed by atoms with E-state index in [9.17, 15) is 0 Å². The lowest BCUT2D eigenvalue weighted by Gasteiger charge is -2.44. The van der Waals surface area contributed by atoms with E-state index in [2.05, 4.69) is 58.8 Å². The van der Waals surface area contributed by atoms with Gasteiger partial charge in [-0.15, -0.1) is 0 Å². The van der Waals surface area contributed by atoms with Gasteiger partial charge in [0.25, 0.3) is 0 Å². The summed E-state index contributed by atoms with van der Waals surface area (Å²) in [7, 11) is 2.27. The average molecular weight is 242 g/mol. The molecule has 0 saturated carbocycles. The number of hydrogen-bond donors (Lipinski definition) is 1. The quantitative estimate of drug-likeness (QED) is 0.665. The second-order valence-corrected chi connectivity index (χ2v) is 5.99. The van der Waals surface area contributed by atoms with Gasteiger partial charge in [-0.3, -0.25) is 4.90 Å². The van der Waals surface area contributed by atoms with Gasteiger partial charge in [0.15, 0.2) is 0 Å². The molecule has 0 fully saturated rings. The van der Waals surface area contributed by atoms with E-state index in [4.69, 9.17) is 0 Å². The third kappa shape index (κ3) is 5.39. The van der Waals surface area contributed by atoms with Crippen LogP contribution in [-0.4, -0.2) is 36.6 Å². The zero-order valence-corrected chi connectivity index (χ0v) is 13.1. The second-order valence-electron chi connectivity index (χ2n) is 5.99. The van der Waals surface area contributed by atoms with Crippen LogP contribution in [0.2, 0.25) is 0 Å². The number of rotatable bonds is 9. The topological polar surface area (TPSA) is 15.3 Å². The zero-order valence-electron chi connectivity index (χ0n) is 13.1. The fraction of sp³-hybridized carbons (Fsp3) is 1.00. The molecule has 0 aliphatic heterocycles. The van der Waals surface area contributed by atoms with Crippen molar-refractivity contribution in [2.24, 2.45) is 5.92 Å². The summed E-state index contributed by atoms with van der Waals surface area (Å²) in [4.78, 5) is 2.54. The summed E-state index contributed by atoms with van der Waals surface area (Å²) >= 11 is 0. The van der Waals surface area contributed by atoms with E-state index in [0.29, 0.717) is 6.04 Å². The van der Waals surface area contributed by atoms with Gasteiger partial charge in [-0.05, 0) is 59.2 Å². The fourth-order valence-electron chi connectivity index (χ4n) is 2.19. The Balaban J connectivity index is 4.41. The van der Waals surface area contributed by atoms with Crippen LogP contribution in [0.25, 0.3) is 0 Å². The van der Waals surface area contributed by atoms with Crippen molar-refractivity contribution in [3.63, 3.8) is 0 Å². The van der Waals surface area contributed by atoms with E-state index in [1.165, 1.54) is 25.8 Å². The molecule has 2 unspecified atom stereocenters. The molecule has 0 aliphatic rings. The molecule has 0 aromatic rings. The van der Waals surface area contributed by atoms with Crippen LogP contribution in [0.5, 0.6) is 0 Å². The minimum atomic E-state index is 0.268. The van der Waals surface area contributed by atoms with Crippen LogP contribution in [0.4, 0.5) is 0 Å². The molecule has 0 aromatic carbocycles. The minimum Gasteiger partial charge on any atom is -0.312 e. The van der Waals surface area contributed by atoms with Crippen LogP contribution in [-0.2, 0) is 0 Å². The largest absolute Gasteiger partial charge is 0.312 e. The molecule has 0 heterocycles. The first-order chi connectivity index (χ1) is 7.88. The van der Waals surface area contributed by atoms with E-state index in [0.717, 1.165) is 12.5 Å². The highest BCUT2D eigenvalue weighted by Gasteiger charge is 2.32. The maximum absolute atomic E-state index is 3.65. The number of hydrogen-bond acceptors (Lipinski definition) is 2. The van der Waals surface area contributed by atoms with Crippen molar-refractivity contribution in [2.75, 3.05) is 20.1 Å². The lowest BCUT2D eigenvalue weighted by molar-refractivity contribution is 0.0884. The van der Waals surface area contributed by atoms with Crippen molar-refractivity contribution in [1.82, 2.24) is 10.2 Å². The van der Waals surface area contributed by atoms with Gasteiger partial charge in [0.1, 0.15) is 0 Å². The van der Waals surface area contributed by atoms with Gasteiger partial charge in [0.05, 0.1) is 0 Å². The number of likely N-dealkylation sites (N-methyl/N-ethyl adjacent to an activating group) is 1. The Hall–Kier alpha value is -0.0800. The molecule has 1 N–H and O–H groups in total. The van der Waals surface area contributed by atoms with Gasteiger partial charge < -0.3 is 5.32 Å². The Morgan fingerprint density at radius 3 is 2.18 bits per heavy atom. The predicted molar refractivity (Wildman–Crippen MR) is 78.5 cm³/mol. The van der Waals surface area contributed by atoms with Gasteiger partial charge >= 0.3 is 0 Å². The van der Waals surface area contributed by atoms with Crippen LogP contribution < -0.4 is 5.32 Å². The van der Waals surface area contributed by atoms with Crippen molar-refractivity contribution in [1.29, 1.82) is 0 Å². The SMILES string of the molecule is CCCNC(C)C(C)(CC)N(C)CCC(C)C. The van der Waals surface area contributed by atoms with E-state index in [1.807, 2.05) is 0 Å². The van der Waals surface area contributed by atoms with Gasteiger partial charge in [-0.25, -0.2) is 0 Å². The summed E-state index contributed by atoms with van der Waals surface area (Å²) in [5.74, 6) is 0.789. The van der Waals surface area contributed by atoms with Crippen LogP contribution in [0.3, 0.4) is 0 Å². The standard InChI is InChI=1S/C15H34N2/c1-8-11-16-14(5)15(6,9-2)17(7)12-10-13(3)4/h13-14,16H,8-12H2,1-7H3. The first-order valence-corrected chi connectivity index (χ1v) is 7.33. The molecular weight excluding hydrogens is 208 g/mol. The van der Waals surface area contributed by atoms with Gasteiger partial charge in [-0.2, -0.15) is 0 Å². The normalized spacial score (nSPS) is 17.5. The molecule has 0 aromatic heterocycles. The monoisotopic (exact) mass is 242 g/mol. The summed E-state index contributed by atoms with van der Waals surface area (Å²) in [6, 6.07) is 0.546. The van der Waals surface area contributed by atoms with Gasteiger partial charge in [0.2, 0.25) is 0 Å². The predicted octanol–water partition coefficient (Wildman–Crippen LogP) is 3.52. The molecule has 0 aliphatic carbocycles. The Morgan fingerprint density at radius 1 is 1.18 bits per heavy atom. The Kier molecular flexibility index (Phi) is 8.06. The number of nitrogens with one attached hydrogen (secondary N) is 1. The van der Waals surface area contributed by atoms with Gasteiger partial charge in [0, 0.05) is 11.6 Å². The average Bonchev–Trinajstić information content (AvgIpc) is 2.31. The molecule has 17 heavy (non-hydrogen) atoms. The Bertz CT molecular complexity index is 191. The first-order valence-electron chi connectivity index (χ1n) is 7.33. The molecule has 2 heteroatoms. The molecule has 0 amide bonds. The number of nitrogens with zero attached hydrogens (tertiary/aromatic N) is 1. The van der Waals surface area contributed by atoms with Crippen LogP contribution in [0.1, 0.15) is 60.8 Å². The summed E-state index contributed by atoms with van der Waals surface area (Å²) in [5, 5.41) is 3.65. The van der Waals surface area contributed by atoms with Gasteiger partial charge in [-0.1, -0.05) is 27.7 Å². The van der Waals surface area contributed by atoms with E-state index in [-0.39, 0.29) is 5.54 Å². The zero-order chi connectivity index (χ0) is 13.5. The van der Waals surface area contributed by atoms with Crippen molar-refractivity contribution in [2.45, 2.75) is 72.4 Å². The third-order valence-electron chi connectivity index (χ3n) is 4.26. The molecule has 0 saturated heterocycles. The molecule has 2 atom stereocenters. The first kappa shape index (κ1) is 16.9. The lowest BCUT2D eigenvalue weighted by Crippen LogP contribution is -2.57. The summed E-state index contributed by atoms with van der Waals surface area (Å²) < 4.78 is 0. The fourth-order valence-corrected chi connectivity index (χ4v) is 2.19. The summed E-state index contributed by atoms with van der Waals surface area (Å²) in [6.45, 7) is 16.2. The molecule has 104 valence electrons. The Labute approximate surface area is 109 Å². The molecule has 0 radical (unpaired) electrons. The summed E-state index contributed by atoms with van der Waals surface area (Å²) in [5.41, 5.74) is 0.268. The molecular formula is C15H34N2. The summed E-state index contributed by atoms with van der Waals surface area (Å²) in [6.07, 6.45) is 3.69. The maximum Gasteiger partial charge on any atom is 0.0326 e. The van der Waals surface area contributed by atoms with E-state index < -0.39 is 0 Å². The molecule has 2 nitrogen and oxygen atoms in total. The second kappa shape index (κ2) is 8.10. The molecule has 0 bridgehead atoms. The highest BCUT2D eigenvalue weighted by atomic mass is 15.2. The highest BCUT2D eigenvalue weighted by molar-refractivity contribution is 4.92. The van der Waals surface area contributed by atoms with Crippen molar-refractivity contribution in [3.8, 4) is 0 Å². The highest BCUT2D eigenvalue weighted by Crippen LogP contribution is 2.23. The van der Waals surface area contributed by atoms with E-state index in [1.54, 1.807) is 0 Å². The van der Waals surface area contributed by atoms with Crippen molar-refractivity contribution in [3.05, 3.63) is 0 Å².